The van der Waals surface area contributed by atoms with Gasteiger partial charge in [0, 0.05) is 28.1 Å². The Bertz CT molecular complexity index is 655. The summed E-state index contributed by atoms with van der Waals surface area (Å²) in [6.45, 7) is 1.96. The maximum absolute atomic E-state index is 13.7. The van der Waals surface area contributed by atoms with E-state index in [2.05, 4.69) is 0 Å². The van der Waals surface area contributed by atoms with Crippen molar-refractivity contribution in [3.63, 3.8) is 0 Å². The second-order valence-electron chi connectivity index (χ2n) is 4.70. The van der Waals surface area contributed by atoms with Crippen molar-refractivity contribution < 1.29 is 9.13 Å². The number of ether oxygens (including phenoxy) is 1. The average molecular weight is 297 g/mol. The molecule has 0 saturated carbocycles. The van der Waals surface area contributed by atoms with Crippen LogP contribution in [0.5, 0.6) is 5.75 Å². The molecule has 0 radical (unpaired) electrons. The molecule has 0 amide bonds. The second-order valence-corrected chi connectivity index (χ2v) is 5.54. The quantitative estimate of drug-likeness (QED) is 0.709. The van der Waals surface area contributed by atoms with Crippen LogP contribution in [0, 0.1) is 5.82 Å². The van der Waals surface area contributed by atoms with E-state index in [4.69, 9.17) is 27.9 Å². The normalized spacial score (nSPS) is 17.2. The van der Waals surface area contributed by atoms with Crippen molar-refractivity contribution in [3.05, 3.63) is 51.8 Å². The fraction of sp³-hybridized carbons (Fsp3) is 0.200. The van der Waals surface area contributed by atoms with Crippen LogP contribution in [0.25, 0.3) is 11.1 Å². The summed E-state index contributed by atoms with van der Waals surface area (Å²) in [5.74, 6) is 0.440. The first-order valence-electron chi connectivity index (χ1n) is 5.99. The van der Waals surface area contributed by atoms with Gasteiger partial charge in [-0.15, -0.1) is 0 Å². The van der Waals surface area contributed by atoms with E-state index in [1.807, 2.05) is 6.92 Å². The van der Waals surface area contributed by atoms with Crippen LogP contribution in [0.2, 0.25) is 10.0 Å². The van der Waals surface area contributed by atoms with Gasteiger partial charge in [-0.3, -0.25) is 0 Å². The number of benzene rings is 2. The lowest BCUT2D eigenvalue weighted by atomic mass is 10.0. The molecule has 1 nitrogen and oxygen atoms in total. The van der Waals surface area contributed by atoms with Gasteiger partial charge in [0.15, 0.2) is 0 Å². The van der Waals surface area contributed by atoms with Crippen LogP contribution in [-0.4, -0.2) is 6.10 Å². The Morgan fingerprint density at radius 2 is 1.95 bits per heavy atom. The zero-order valence-corrected chi connectivity index (χ0v) is 11.7. The number of rotatable bonds is 1. The van der Waals surface area contributed by atoms with Crippen molar-refractivity contribution >= 4 is 23.2 Å². The van der Waals surface area contributed by atoms with Crippen molar-refractivity contribution in [3.8, 4) is 16.9 Å². The topological polar surface area (TPSA) is 9.23 Å². The molecular formula is C15H11Cl2FO. The first kappa shape index (κ1) is 12.8. The summed E-state index contributed by atoms with van der Waals surface area (Å²) in [6.07, 6.45) is 0.771. The predicted octanol–water partition coefficient (Wildman–Crippen LogP) is 5.12. The SMILES string of the molecule is CC1Cc2cc(F)cc(-c3ccc(Cl)cc3Cl)c2O1. The highest BCUT2D eigenvalue weighted by Crippen LogP contribution is 2.42. The van der Waals surface area contributed by atoms with E-state index >= 15 is 0 Å². The summed E-state index contributed by atoms with van der Waals surface area (Å²) >= 11 is 12.1. The Hall–Kier alpha value is -1.25. The molecule has 0 N–H and O–H groups in total. The highest BCUT2D eigenvalue weighted by molar-refractivity contribution is 6.36. The molecule has 0 aliphatic carbocycles. The minimum Gasteiger partial charge on any atom is -0.489 e. The van der Waals surface area contributed by atoms with Crippen LogP contribution in [0.3, 0.4) is 0 Å². The van der Waals surface area contributed by atoms with Gasteiger partial charge < -0.3 is 4.74 Å². The molecular weight excluding hydrogens is 286 g/mol. The molecule has 2 aromatic rings. The molecule has 4 heteroatoms. The first-order valence-corrected chi connectivity index (χ1v) is 6.74. The molecule has 0 bridgehead atoms. The molecule has 98 valence electrons. The minimum atomic E-state index is -0.280. The van der Waals surface area contributed by atoms with E-state index in [0.717, 1.165) is 16.9 Å². The third-order valence-corrected chi connectivity index (χ3v) is 3.73. The molecule has 19 heavy (non-hydrogen) atoms. The molecule has 0 saturated heterocycles. The van der Waals surface area contributed by atoms with Crippen LogP contribution in [0.1, 0.15) is 12.5 Å². The van der Waals surface area contributed by atoms with E-state index in [1.165, 1.54) is 12.1 Å². The van der Waals surface area contributed by atoms with E-state index in [9.17, 15) is 4.39 Å². The summed E-state index contributed by atoms with van der Waals surface area (Å²) in [6, 6.07) is 8.14. The van der Waals surface area contributed by atoms with Gasteiger partial charge in [-0.2, -0.15) is 0 Å². The third kappa shape index (κ3) is 2.31. The van der Waals surface area contributed by atoms with Gasteiger partial charge in [0.1, 0.15) is 17.7 Å². The van der Waals surface area contributed by atoms with Crippen LogP contribution in [0.15, 0.2) is 30.3 Å². The maximum Gasteiger partial charge on any atom is 0.131 e. The largest absolute Gasteiger partial charge is 0.489 e. The summed E-state index contributed by atoms with van der Waals surface area (Å²) in [7, 11) is 0. The fourth-order valence-electron chi connectivity index (χ4n) is 2.40. The molecule has 0 aromatic heterocycles. The number of hydrogen-bond acceptors (Lipinski definition) is 1. The maximum atomic E-state index is 13.7. The van der Waals surface area contributed by atoms with E-state index in [1.54, 1.807) is 18.2 Å². The summed E-state index contributed by atoms with van der Waals surface area (Å²) < 4.78 is 19.5. The van der Waals surface area contributed by atoms with Gasteiger partial charge in [0.2, 0.25) is 0 Å². The summed E-state index contributed by atoms with van der Waals surface area (Å²) in [5.41, 5.74) is 2.30. The number of fused-ring (bicyclic) bond motifs is 1. The zero-order valence-electron chi connectivity index (χ0n) is 10.2. The highest BCUT2D eigenvalue weighted by Gasteiger charge is 2.24. The van der Waals surface area contributed by atoms with Crippen molar-refractivity contribution in [1.29, 1.82) is 0 Å². The molecule has 1 unspecified atom stereocenters. The monoisotopic (exact) mass is 296 g/mol. The van der Waals surface area contributed by atoms with Gasteiger partial charge in [-0.05, 0) is 31.2 Å². The average Bonchev–Trinajstić information content (AvgIpc) is 2.68. The van der Waals surface area contributed by atoms with E-state index < -0.39 is 0 Å². The Morgan fingerprint density at radius 1 is 1.16 bits per heavy atom. The lowest BCUT2D eigenvalue weighted by Gasteiger charge is -2.11. The van der Waals surface area contributed by atoms with Gasteiger partial charge in [-0.1, -0.05) is 29.3 Å². The van der Waals surface area contributed by atoms with Gasteiger partial charge >= 0.3 is 0 Å². The van der Waals surface area contributed by atoms with Crippen molar-refractivity contribution in [2.75, 3.05) is 0 Å². The standard InChI is InChI=1S/C15H11Cl2FO/c1-8-4-9-5-11(18)7-13(15(9)19-8)12-3-2-10(16)6-14(12)17/h2-3,5-8H,4H2,1H3. The second kappa shape index (κ2) is 4.69. The van der Waals surface area contributed by atoms with Gasteiger partial charge in [0.05, 0.1) is 5.02 Å². The zero-order chi connectivity index (χ0) is 13.6. The fourth-order valence-corrected chi connectivity index (χ4v) is 2.91. The number of hydrogen-bond donors (Lipinski definition) is 0. The van der Waals surface area contributed by atoms with Crippen LogP contribution < -0.4 is 4.74 Å². The van der Waals surface area contributed by atoms with Crippen LogP contribution >= 0.6 is 23.2 Å². The van der Waals surface area contributed by atoms with Crippen LogP contribution in [-0.2, 0) is 6.42 Å². The molecule has 3 rings (SSSR count). The van der Waals surface area contributed by atoms with Crippen LogP contribution in [0.4, 0.5) is 4.39 Å². The van der Waals surface area contributed by atoms with E-state index in [-0.39, 0.29) is 11.9 Å². The molecule has 0 fully saturated rings. The first-order chi connectivity index (χ1) is 9.04. The Kier molecular flexibility index (Phi) is 3.15. The van der Waals surface area contributed by atoms with Crippen molar-refractivity contribution in [1.82, 2.24) is 0 Å². The lowest BCUT2D eigenvalue weighted by Crippen LogP contribution is -2.05. The molecule has 1 heterocycles. The Balaban J connectivity index is 2.21. The van der Waals surface area contributed by atoms with Gasteiger partial charge in [-0.25, -0.2) is 4.39 Å². The molecule has 1 atom stereocenters. The Morgan fingerprint density at radius 3 is 2.68 bits per heavy atom. The summed E-state index contributed by atoms with van der Waals surface area (Å²) in [4.78, 5) is 0. The Labute approximate surface area is 120 Å². The molecule has 2 aromatic carbocycles. The smallest absolute Gasteiger partial charge is 0.131 e. The molecule has 1 aliphatic heterocycles. The summed E-state index contributed by atoms with van der Waals surface area (Å²) in [5, 5.41) is 1.04. The van der Waals surface area contributed by atoms with Gasteiger partial charge in [0.25, 0.3) is 0 Å². The predicted molar refractivity (Wildman–Crippen MR) is 75.7 cm³/mol. The minimum absolute atomic E-state index is 0.0571. The lowest BCUT2D eigenvalue weighted by molar-refractivity contribution is 0.255. The van der Waals surface area contributed by atoms with E-state index in [0.29, 0.717) is 22.0 Å². The molecule has 0 spiro atoms. The molecule has 1 aliphatic rings. The van der Waals surface area contributed by atoms with Crippen molar-refractivity contribution in [2.45, 2.75) is 19.4 Å². The third-order valence-electron chi connectivity index (χ3n) is 3.18. The van der Waals surface area contributed by atoms with Crippen molar-refractivity contribution in [2.24, 2.45) is 0 Å². The highest BCUT2D eigenvalue weighted by atomic mass is 35.5. The number of halogens is 3.